The maximum absolute atomic E-state index is 3.37. The summed E-state index contributed by atoms with van der Waals surface area (Å²) in [5.74, 6) is 6.36. The average Bonchev–Trinajstić information content (AvgIpc) is 2.40. The molecule has 2 rings (SSSR count). The highest BCUT2D eigenvalue weighted by atomic mass is 14.9. The maximum Gasteiger partial charge on any atom is 0.0852 e. The van der Waals surface area contributed by atoms with Gasteiger partial charge in [0.15, 0.2) is 0 Å². The molecule has 2 aromatic rings. The average molecular weight is 235 g/mol. The molecule has 0 unspecified atom stereocenters. The zero-order chi connectivity index (χ0) is 12.8. The van der Waals surface area contributed by atoms with Crippen LogP contribution in [0.5, 0.6) is 0 Å². The van der Waals surface area contributed by atoms with Gasteiger partial charge in [-0.1, -0.05) is 47.7 Å². The van der Waals surface area contributed by atoms with E-state index in [4.69, 9.17) is 0 Å². The fraction of sp³-hybridized carbons (Fsp3) is 0.176. The molecule has 0 bridgehead atoms. The van der Waals surface area contributed by atoms with Crippen LogP contribution >= 0.6 is 0 Å². The molecule has 0 amide bonds. The van der Waals surface area contributed by atoms with Crippen LogP contribution in [0.25, 0.3) is 0 Å². The lowest BCUT2D eigenvalue weighted by Crippen LogP contribution is -2.12. The van der Waals surface area contributed by atoms with E-state index in [2.05, 4.69) is 55.3 Å². The molecule has 0 saturated carbocycles. The highest BCUT2D eigenvalue weighted by molar-refractivity contribution is 5.47. The summed E-state index contributed by atoms with van der Waals surface area (Å²) in [6.45, 7) is 4.15. The highest BCUT2D eigenvalue weighted by Gasteiger charge is 1.96. The highest BCUT2D eigenvalue weighted by Crippen LogP contribution is 2.09. The van der Waals surface area contributed by atoms with Gasteiger partial charge in [-0.15, -0.1) is 0 Å². The molecule has 2 aromatic carbocycles. The van der Waals surface area contributed by atoms with Gasteiger partial charge in [-0.3, -0.25) is 0 Å². The standard InChI is InChI=1S/C17H17N/c1-14-8-12-17(13-9-14)18-15(2)10-11-16-6-4-3-5-7-16/h3-9,12-13,15,18H,1-2H3/t15-/m1/s1. The number of anilines is 1. The number of hydrogen-bond acceptors (Lipinski definition) is 1. The van der Waals surface area contributed by atoms with E-state index in [0.717, 1.165) is 11.3 Å². The van der Waals surface area contributed by atoms with E-state index in [1.54, 1.807) is 0 Å². The molecular weight excluding hydrogens is 218 g/mol. The summed E-state index contributed by atoms with van der Waals surface area (Å²) < 4.78 is 0. The molecule has 0 spiro atoms. The van der Waals surface area contributed by atoms with Crippen LogP contribution in [0.15, 0.2) is 54.6 Å². The molecule has 0 radical (unpaired) electrons. The van der Waals surface area contributed by atoms with Gasteiger partial charge >= 0.3 is 0 Å². The van der Waals surface area contributed by atoms with Gasteiger partial charge in [-0.25, -0.2) is 0 Å². The van der Waals surface area contributed by atoms with Gasteiger partial charge in [-0.05, 0) is 38.1 Å². The predicted octanol–water partition coefficient (Wildman–Crippen LogP) is 3.85. The maximum atomic E-state index is 3.37. The van der Waals surface area contributed by atoms with Crippen LogP contribution in [-0.2, 0) is 0 Å². The monoisotopic (exact) mass is 235 g/mol. The minimum Gasteiger partial charge on any atom is -0.372 e. The first kappa shape index (κ1) is 12.3. The Bertz CT molecular complexity index is 544. The lowest BCUT2D eigenvalue weighted by atomic mass is 10.2. The van der Waals surface area contributed by atoms with Gasteiger partial charge in [0.1, 0.15) is 0 Å². The van der Waals surface area contributed by atoms with Crippen molar-refractivity contribution in [2.24, 2.45) is 0 Å². The van der Waals surface area contributed by atoms with E-state index in [1.165, 1.54) is 5.56 Å². The van der Waals surface area contributed by atoms with Crippen molar-refractivity contribution in [1.29, 1.82) is 0 Å². The molecule has 0 aliphatic heterocycles. The zero-order valence-electron chi connectivity index (χ0n) is 10.8. The fourth-order valence-corrected chi connectivity index (χ4v) is 1.65. The van der Waals surface area contributed by atoms with E-state index < -0.39 is 0 Å². The molecule has 0 saturated heterocycles. The van der Waals surface area contributed by atoms with Crippen molar-refractivity contribution in [2.75, 3.05) is 5.32 Å². The summed E-state index contributed by atoms with van der Waals surface area (Å²) in [7, 11) is 0. The number of rotatable bonds is 2. The third kappa shape index (κ3) is 3.68. The quantitative estimate of drug-likeness (QED) is 0.780. The van der Waals surface area contributed by atoms with E-state index in [-0.39, 0.29) is 6.04 Å². The van der Waals surface area contributed by atoms with E-state index in [1.807, 2.05) is 30.3 Å². The number of benzene rings is 2. The molecule has 18 heavy (non-hydrogen) atoms. The molecule has 90 valence electrons. The first-order valence-electron chi connectivity index (χ1n) is 6.14. The second-order valence-corrected chi connectivity index (χ2v) is 4.37. The van der Waals surface area contributed by atoms with Crippen molar-refractivity contribution in [2.45, 2.75) is 19.9 Å². The van der Waals surface area contributed by atoms with Crippen LogP contribution in [0.1, 0.15) is 18.1 Å². The third-order valence-corrected chi connectivity index (χ3v) is 2.64. The minimum absolute atomic E-state index is 0.132. The normalized spacial score (nSPS) is 11.2. The first-order chi connectivity index (χ1) is 8.74. The van der Waals surface area contributed by atoms with E-state index in [9.17, 15) is 0 Å². The second kappa shape index (κ2) is 5.93. The van der Waals surface area contributed by atoms with Crippen molar-refractivity contribution in [3.63, 3.8) is 0 Å². The van der Waals surface area contributed by atoms with Gasteiger partial charge in [0.2, 0.25) is 0 Å². The van der Waals surface area contributed by atoms with Crippen molar-refractivity contribution in [3.8, 4) is 11.8 Å². The molecule has 1 atom stereocenters. The summed E-state index contributed by atoms with van der Waals surface area (Å²) in [4.78, 5) is 0. The van der Waals surface area contributed by atoms with Gasteiger partial charge in [-0.2, -0.15) is 0 Å². The van der Waals surface area contributed by atoms with Crippen LogP contribution in [0.2, 0.25) is 0 Å². The molecule has 0 aliphatic rings. The molecule has 0 heterocycles. The topological polar surface area (TPSA) is 12.0 Å². The van der Waals surface area contributed by atoms with E-state index >= 15 is 0 Å². The van der Waals surface area contributed by atoms with Gasteiger partial charge in [0.05, 0.1) is 6.04 Å². The van der Waals surface area contributed by atoms with Crippen molar-refractivity contribution in [3.05, 3.63) is 65.7 Å². The van der Waals surface area contributed by atoms with E-state index in [0.29, 0.717) is 0 Å². The second-order valence-electron chi connectivity index (χ2n) is 4.37. The van der Waals surface area contributed by atoms with Gasteiger partial charge in [0.25, 0.3) is 0 Å². The summed E-state index contributed by atoms with van der Waals surface area (Å²) in [5.41, 5.74) is 3.43. The van der Waals surface area contributed by atoms with Crippen molar-refractivity contribution in [1.82, 2.24) is 0 Å². The Morgan fingerprint density at radius 2 is 1.61 bits per heavy atom. The lowest BCUT2D eigenvalue weighted by molar-refractivity contribution is 1.03. The molecule has 1 heteroatoms. The van der Waals surface area contributed by atoms with Crippen molar-refractivity contribution >= 4 is 5.69 Å². The summed E-state index contributed by atoms with van der Waals surface area (Å²) in [6, 6.07) is 18.5. The predicted molar refractivity (Wildman–Crippen MR) is 77.6 cm³/mol. The lowest BCUT2D eigenvalue weighted by Gasteiger charge is -2.09. The summed E-state index contributed by atoms with van der Waals surface area (Å²) in [6.07, 6.45) is 0. The van der Waals surface area contributed by atoms with Crippen LogP contribution in [0.3, 0.4) is 0 Å². The first-order valence-corrected chi connectivity index (χ1v) is 6.14. The Hall–Kier alpha value is -2.20. The van der Waals surface area contributed by atoms with Crippen molar-refractivity contribution < 1.29 is 0 Å². The Labute approximate surface area is 109 Å². The SMILES string of the molecule is Cc1ccc(N[C@H](C)C#Cc2ccccc2)cc1. The molecule has 1 N–H and O–H groups in total. The van der Waals surface area contributed by atoms with Crippen LogP contribution in [0, 0.1) is 18.8 Å². The third-order valence-electron chi connectivity index (χ3n) is 2.64. The smallest absolute Gasteiger partial charge is 0.0852 e. The van der Waals surface area contributed by atoms with Gasteiger partial charge < -0.3 is 5.32 Å². The molecule has 0 fully saturated rings. The number of hydrogen-bond donors (Lipinski definition) is 1. The largest absolute Gasteiger partial charge is 0.372 e. The van der Waals surface area contributed by atoms with Crippen LogP contribution in [0.4, 0.5) is 5.69 Å². The van der Waals surface area contributed by atoms with Crippen LogP contribution in [-0.4, -0.2) is 6.04 Å². The summed E-state index contributed by atoms with van der Waals surface area (Å²) >= 11 is 0. The minimum atomic E-state index is 0.132. The number of nitrogens with one attached hydrogen (secondary N) is 1. The Kier molecular flexibility index (Phi) is 4.04. The Morgan fingerprint density at radius 1 is 0.944 bits per heavy atom. The number of aryl methyl sites for hydroxylation is 1. The molecule has 1 nitrogen and oxygen atoms in total. The Morgan fingerprint density at radius 3 is 2.28 bits per heavy atom. The molecule has 0 aromatic heterocycles. The van der Waals surface area contributed by atoms with Gasteiger partial charge in [0, 0.05) is 11.3 Å². The zero-order valence-corrected chi connectivity index (χ0v) is 10.8. The van der Waals surface area contributed by atoms with Crippen LogP contribution < -0.4 is 5.32 Å². The summed E-state index contributed by atoms with van der Waals surface area (Å²) in [5, 5.41) is 3.37. The molecular formula is C17H17N. The fourth-order valence-electron chi connectivity index (χ4n) is 1.65. The molecule has 0 aliphatic carbocycles. The Balaban J connectivity index is 1.99.